The van der Waals surface area contributed by atoms with Crippen LogP contribution in [0.25, 0.3) is 0 Å². The highest BCUT2D eigenvalue weighted by Gasteiger charge is 2.61. The Kier molecular flexibility index (Phi) is 4.08. The van der Waals surface area contributed by atoms with Crippen LogP contribution in [0.1, 0.15) is 71.6 Å². The molecule has 0 bridgehead atoms. The van der Waals surface area contributed by atoms with E-state index >= 15 is 0 Å². The molecule has 25 heavy (non-hydrogen) atoms. The Morgan fingerprint density at radius 1 is 1.16 bits per heavy atom. The van der Waals surface area contributed by atoms with Gasteiger partial charge in [0.2, 0.25) is 0 Å². The average molecular weight is 345 g/mol. The third-order valence-corrected chi connectivity index (χ3v) is 8.48. The summed E-state index contributed by atoms with van der Waals surface area (Å²) < 4.78 is 5.61. The Hall–Kier alpha value is -1.19. The standard InChI is InChI=1S/C21H31NO3/c1-13(23)25-12-21-10-7-15(22)11-14(21)3-4-16-17-5-6-19(24)20(17,2)9-8-18(16)21/h14,16-18,22H,3-12H2,1-2H3/t14-,16?,17?,18?,20-,21+/m0/s1. The summed E-state index contributed by atoms with van der Waals surface area (Å²) in [4.78, 5) is 24.1. The molecule has 4 aliphatic rings. The molecular formula is C21H31NO3. The lowest BCUT2D eigenvalue weighted by atomic mass is 9.45. The Labute approximate surface area is 150 Å². The first kappa shape index (κ1) is 17.2. The van der Waals surface area contributed by atoms with E-state index in [1.807, 2.05) is 0 Å². The van der Waals surface area contributed by atoms with E-state index in [9.17, 15) is 9.59 Å². The fourth-order valence-corrected chi connectivity index (χ4v) is 7.17. The van der Waals surface area contributed by atoms with E-state index < -0.39 is 0 Å². The molecule has 0 saturated heterocycles. The molecule has 4 nitrogen and oxygen atoms in total. The summed E-state index contributed by atoms with van der Waals surface area (Å²) in [6.45, 7) is 4.24. The van der Waals surface area contributed by atoms with Gasteiger partial charge in [0.15, 0.2) is 0 Å². The van der Waals surface area contributed by atoms with E-state index in [4.69, 9.17) is 10.1 Å². The van der Waals surface area contributed by atoms with Crippen molar-refractivity contribution in [3.63, 3.8) is 0 Å². The van der Waals surface area contributed by atoms with E-state index in [1.165, 1.54) is 13.3 Å². The Morgan fingerprint density at radius 3 is 2.72 bits per heavy atom. The Morgan fingerprint density at radius 2 is 1.96 bits per heavy atom. The second kappa shape index (κ2) is 5.92. The van der Waals surface area contributed by atoms with Crippen molar-refractivity contribution < 1.29 is 14.3 Å². The molecule has 4 rings (SSSR count). The third kappa shape index (κ3) is 2.50. The van der Waals surface area contributed by atoms with Gasteiger partial charge in [-0.05, 0) is 75.0 Å². The number of hydrogen-bond donors (Lipinski definition) is 1. The van der Waals surface area contributed by atoms with Crippen LogP contribution in [0.3, 0.4) is 0 Å². The maximum Gasteiger partial charge on any atom is 0.302 e. The van der Waals surface area contributed by atoms with Crippen LogP contribution in [0.15, 0.2) is 0 Å². The molecule has 0 heterocycles. The van der Waals surface area contributed by atoms with Crippen molar-refractivity contribution in [3.8, 4) is 0 Å². The third-order valence-electron chi connectivity index (χ3n) is 8.48. The molecule has 4 heteroatoms. The zero-order valence-electron chi connectivity index (χ0n) is 15.6. The van der Waals surface area contributed by atoms with Crippen molar-refractivity contribution in [1.82, 2.24) is 0 Å². The van der Waals surface area contributed by atoms with Gasteiger partial charge in [0.1, 0.15) is 5.78 Å². The van der Waals surface area contributed by atoms with E-state index in [-0.39, 0.29) is 16.8 Å². The van der Waals surface area contributed by atoms with Gasteiger partial charge in [0.25, 0.3) is 0 Å². The number of ketones is 1. The molecule has 4 aliphatic carbocycles. The number of carbonyl (C=O) groups excluding carboxylic acids is 2. The molecule has 0 aliphatic heterocycles. The van der Waals surface area contributed by atoms with Gasteiger partial charge < -0.3 is 10.1 Å². The van der Waals surface area contributed by atoms with Crippen LogP contribution in [0.4, 0.5) is 0 Å². The maximum absolute atomic E-state index is 12.5. The summed E-state index contributed by atoms with van der Waals surface area (Å²) in [5.41, 5.74) is 0.822. The highest BCUT2D eigenvalue weighted by atomic mass is 16.5. The zero-order chi connectivity index (χ0) is 17.8. The number of Topliss-reactive ketones (excluding diaryl/α,β-unsaturated/α-hetero) is 1. The van der Waals surface area contributed by atoms with Gasteiger partial charge in [-0.15, -0.1) is 0 Å². The lowest BCUT2D eigenvalue weighted by Gasteiger charge is -2.60. The van der Waals surface area contributed by atoms with Gasteiger partial charge in [-0.3, -0.25) is 9.59 Å². The van der Waals surface area contributed by atoms with Crippen molar-refractivity contribution in [1.29, 1.82) is 5.41 Å². The van der Waals surface area contributed by atoms with Gasteiger partial charge in [-0.25, -0.2) is 0 Å². The molecule has 0 radical (unpaired) electrons. The summed E-state index contributed by atoms with van der Waals surface area (Å²) in [7, 11) is 0. The number of nitrogens with one attached hydrogen (secondary N) is 1. The zero-order valence-corrected chi connectivity index (χ0v) is 15.6. The van der Waals surface area contributed by atoms with E-state index in [2.05, 4.69) is 6.92 Å². The first-order valence-electron chi connectivity index (χ1n) is 10.1. The minimum Gasteiger partial charge on any atom is -0.465 e. The SMILES string of the molecule is CC(=O)OC[C@]12CCC(=N)C[C@@H]1CCC1C2CC[C@]2(C)C(=O)CCC12. The molecule has 138 valence electrons. The number of fused-ring (bicyclic) bond motifs is 5. The predicted octanol–water partition coefficient (Wildman–Crippen LogP) is 4.16. The molecule has 1 N–H and O–H groups in total. The van der Waals surface area contributed by atoms with Crippen molar-refractivity contribution in [2.75, 3.05) is 6.61 Å². The molecule has 0 spiro atoms. The van der Waals surface area contributed by atoms with Gasteiger partial charge in [0.05, 0.1) is 6.61 Å². The quantitative estimate of drug-likeness (QED) is 0.764. The number of esters is 1. The minimum atomic E-state index is -0.187. The minimum absolute atomic E-state index is 0.0477. The molecule has 0 amide bonds. The normalized spacial score (nSPS) is 46.2. The number of ether oxygens (including phenoxy) is 1. The average Bonchev–Trinajstić information content (AvgIpc) is 2.88. The Balaban J connectivity index is 1.66. The lowest BCUT2D eigenvalue weighted by molar-refractivity contribution is -0.163. The van der Waals surface area contributed by atoms with Crippen molar-refractivity contribution in [2.45, 2.75) is 71.6 Å². The summed E-state index contributed by atoms with van der Waals surface area (Å²) in [5, 5.41) is 8.17. The largest absolute Gasteiger partial charge is 0.465 e. The van der Waals surface area contributed by atoms with E-state index in [1.54, 1.807) is 0 Å². The second-order valence-electron chi connectivity index (χ2n) is 9.39. The first-order valence-corrected chi connectivity index (χ1v) is 10.1. The molecule has 0 aromatic carbocycles. The number of carbonyl (C=O) groups is 2. The monoisotopic (exact) mass is 345 g/mol. The molecule has 0 aromatic heterocycles. The van der Waals surface area contributed by atoms with Crippen LogP contribution in [0.5, 0.6) is 0 Å². The lowest BCUT2D eigenvalue weighted by Crippen LogP contribution is -2.56. The molecule has 6 atom stereocenters. The summed E-state index contributed by atoms with van der Waals surface area (Å²) in [5.74, 6) is 2.46. The fourth-order valence-electron chi connectivity index (χ4n) is 7.17. The van der Waals surface area contributed by atoms with Gasteiger partial charge >= 0.3 is 5.97 Å². The van der Waals surface area contributed by atoms with E-state index in [0.717, 1.165) is 57.1 Å². The molecule has 0 aromatic rings. The van der Waals surface area contributed by atoms with E-state index in [0.29, 0.717) is 36.1 Å². The van der Waals surface area contributed by atoms with Gasteiger partial charge in [-0.1, -0.05) is 6.92 Å². The highest BCUT2D eigenvalue weighted by molar-refractivity contribution is 5.87. The predicted molar refractivity (Wildman–Crippen MR) is 95.4 cm³/mol. The van der Waals surface area contributed by atoms with Crippen LogP contribution < -0.4 is 0 Å². The molecule has 4 saturated carbocycles. The van der Waals surface area contributed by atoms with Crippen LogP contribution in [-0.2, 0) is 14.3 Å². The molecule has 4 fully saturated rings. The summed E-state index contributed by atoms with van der Waals surface area (Å²) in [6.07, 6.45) is 8.95. The summed E-state index contributed by atoms with van der Waals surface area (Å²) >= 11 is 0. The molecular weight excluding hydrogens is 314 g/mol. The highest BCUT2D eigenvalue weighted by Crippen LogP contribution is 2.65. The van der Waals surface area contributed by atoms with Crippen LogP contribution in [-0.4, -0.2) is 24.1 Å². The van der Waals surface area contributed by atoms with Crippen molar-refractivity contribution in [3.05, 3.63) is 0 Å². The first-order chi connectivity index (χ1) is 11.9. The van der Waals surface area contributed by atoms with Crippen LogP contribution in [0.2, 0.25) is 0 Å². The summed E-state index contributed by atoms with van der Waals surface area (Å²) in [6, 6.07) is 0. The topological polar surface area (TPSA) is 67.2 Å². The number of hydrogen-bond acceptors (Lipinski definition) is 4. The second-order valence-corrected chi connectivity index (χ2v) is 9.39. The van der Waals surface area contributed by atoms with Crippen molar-refractivity contribution >= 4 is 17.5 Å². The van der Waals surface area contributed by atoms with Gasteiger partial charge in [-0.2, -0.15) is 0 Å². The fraction of sp³-hybridized carbons (Fsp3) is 0.857. The van der Waals surface area contributed by atoms with Crippen LogP contribution in [0, 0.1) is 39.9 Å². The molecule has 3 unspecified atom stereocenters. The maximum atomic E-state index is 12.5. The van der Waals surface area contributed by atoms with Gasteiger partial charge in [0, 0.05) is 29.9 Å². The number of rotatable bonds is 2. The van der Waals surface area contributed by atoms with Crippen molar-refractivity contribution in [2.24, 2.45) is 34.5 Å². The van der Waals surface area contributed by atoms with Crippen LogP contribution >= 0.6 is 0 Å². The smallest absolute Gasteiger partial charge is 0.302 e. The Bertz CT molecular complexity index is 614.